The zero-order chi connectivity index (χ0) is 18.6. The molecule has 0 unspecified atom stereocenters. The summed E-state index contributed by atoms with van der Waals surface area (Å²) >= 11 is 0. The summed E-state index contributed by atoms with van der Waals surface area (Å²) in [7, 11) is 0. The molecule has 1 amide bonds. The van der Waals surface area contributed by atoms with Crippen LogP contribution in [0.2, 0.25) is 0 Å². The van der Waals surface area contributed by atoms with Crippen molar-refractivity contribution >= 4 is 17.5 Å². The molecular formula is C20H20N6O. The van der Waals surface area contributed by atoms with Gasteiger partial charge in [0.15, 0.2) is 0 Å². The summed E-state index contributed by atoms with van der Waals surface area (Å²) in [4.78, 5) is 31.7. The largest absolute Gasteiger partial charge is 0.332 e. The molecule has 0 bridgehead atoms. The highest BCUT2D eigenvalue weighted by Gasteiger charge is 2.31. The van der Waals surface area contributed by atoms with Crippen LogP contribution in [0.3, 0.4) is 0 Å². The Morgan fingerprint density at radius 3 is 2.78 bits per heavy atom. The van der Waals surface area contributed by atoms with Crippen molar-refractivity contribution < 1.29 is 4.79 Å². The minimum atomic E-state index is 0.0222. The Balaban J connectivity index is 1.57. The van der Waals surface area contributed by atoms with E-state index in [-0.39, 0.29) is 11.9 Å². The Morgan fingerprint density at radius 1 is 1.07 bits per heavy atom. The molecule has 1 saturated heterocycles. The number of nitrogens with one attached hydrogen (secondary N) is 1. The summed E-state index contributed by atoms with van der Waals surface area (Å²) in [6.07, 6.45) is 11.9. The normalized spacial score (nSPS) is 16.3. The highest BCUT2D eigenvalue weighted by atomic mass is 16.2. The van der Waals surface area contributed by atoms with Crippen molar-refractivity contribution in [1.82, 2.24) is 24.8 Å². The van der Waals surface area contributed by atoms with Gasteiger partial charge in [-0.05, 0) is 49.1 Å². The van der Waals surface area contributed by atoms with Gasteiger partial charge >= 0.3 is 0 Å². The van der Waals surface area contributed by atoms with Gasteiger partial charge in [0.05, 0.1) is 17.8 Å². The lowest BCUT2D eigenvalue weighted by molar-refractivity contribution is 0.0735. The van der Waals surface area contributed by atoms with Crippen molar-refractivity contribution in [2.24, 2.45) is 0 Å². The van der Waals surface area contributed by atoms with Crippen molar-refractivity contribution in [2.45, 2.75) is 25.8 Å². The van der Waals surface area contributed by atoms with Gasteiger partial charge in [0, 0.05) is 37.5 Å². The monoisotopic (exact) mass is 360 g/mol. The molecule has 1 aliphatic rings. The van der Waals surface area contributed by atoms with Crippen LogP contribution >= 0.6 is 0 Å². The molecule has 0 aromatic carbocycles. The molecule has 3 aromatic heterocycles. The van der Waals surface area contributed by atoms with Crippen molar-refractivity contribution in [1.29, 1.82) is 0 Å². The maximum atomic E-state index is 13.0. The van der Waals surface area contributed by atoms with Gasteiger partial charge in [0.25, 0.3) is 5.91 Å². The second-order valence-corrected chi connectivity index (χ2v) is 6.60. The predicted octanol–water partition coefficient (Wildman–Crippen LogP) is 3.30. The fourth-order valence-electron chi connectivity index (χ4n) is 3.41. The van der Waals surface area contributed by atoms with E-state index in [4.69, 9.17) is 0 Å². The van der Waals surface area contributed by atoms with E-state index < -0.39 is 0 Å². The maximum absolute atomic E-state index is 13.0. The number of carbonyl (C=O) groups is 1. The summed E-state index contributed by atoms with van der Waals surface area (Å²) in [5, 5.41) is 3.15. The number of nitrogens with zero attached hydrogens (tertiary/aromatic N) is 5. The van der Waals surface area contributed by atoms with E-state index in [2.05, 4.69) is 25.3 Å². The molecule has 0 saturated carbocycles. The Hall–Kier alpha value is -3.35. The Labute approximate surface area is 157 Å². The lowest BCUT2D eigenvalue weighted by Gasteiger charge is -2.25. The van der Waals surface area contributed by atoms with E-state index in [1.165, 1.54) is 0 Å². The molecule has 136 valence electrons. The molecule has 1 fully saturated rings. The zero-order valence-corrected chi connectivity index (χ0v) is 15.0. The van der Waals surface area contributed by atoms with Crippen molar-refractivity contribution in [3.63, 3.8) is 0 Å². The first kappa shape index (κ1) is 17.1. The van der Waals surface area contributed by atoms with E-state index >= 15 is 0 Å². The molecule has 7 heteroatoms. The highest BCUT2D eigenvalue weighted by Crippen LogP contribution is 2.34. The molecule has 7 nitrogen and oxygen atoms in total. The summed E-state index contributed by atoms with van der Waals surface area (Å²) in [5.74, 6) is 1.34. The van der Waals surface area contributed by atoms with Crippen LogP contribution in [-0.2, 0) is 0 Å². The van der Waals surface area contributed by atoms with Crippen LogP contribution < -0.4 is 5.32 Å². The van der Waals surface area contributed by atoms with Crippen LogP contribution in [0.1, 0.15) is 40.4 Å². The third-order valence-corrected chi connectivity index (χ3v) is 4.62. The predicted molar refractivity (Wildman–Crippen MR) is 102 cm³/mol. The summed E-state index contributed by atoms with van der Waals surface area (Å²) in [6, 6.07) is 5.85. The third-order valence-electron chi connectivity index (χ3n) is 4.62. The summed E-state index contributed by atoms with van der Waals surface area (Å²) < 4.78 is 0. The molecule has 3 aromatic rings. The number of rotatable bonds is 4. The Morgan fingerprint density at radius 2 is 1.96 bits per heavy atom. The van der Waals surface area contributed by atoms with Crippen LogP contribution in [0.15, 0.2) is 55.4 Å². The van der Waals surface area contributed by atoms with E-state index in [0.29, 0.717) is 17.2 Å². The molecule has 0 aliphatic carbocycles. The first-order chi connectivity index (χ1) is 13.2. The lowest BCUT2D eigenvalue weighted by Crippen LogP contribution is -2.30. The van der Waals surface area contributed by atoms with Gasteiger partial charge in [0.1, 0.15) is 11.6 Å². The van der Waals surface area contributed by atoms with Crippen molar-refractivity contribution in [2.75, 3.05) is 11.9 Å². The van der Waals surface area contributed by atoms with Crippen molar-refractivity contribution in [3.8, 4) is 0 Å². The number of hydrogen-bond acceptors (Lipinski definition) is 6. The van der Waals surface area contributed by atoms with Crippen LogP contribution in [0, 0.1) is 6.92 Å². The van der Waals surface area contributed by atoms with Gasteiger partial charge in [-0.15, -0.1) is 0 Å². The second kappa shape index (κ2) is 7.49. The average molecular weight is 360 g/mol. The lowest BCUT2D eigenvalue weighted by atomic mass is 10.0. The number of likely N-dealkylation sites (tertiary alicyclic amines) is 1. The average Bonchev–Trinajstić information content (AvgIpc) is 3.18. The summed E-state index contributed by atoms with van der Waals surface area (Å²) in [5.41, 5.74) is 2.67. The molecule has 0 spiro atoms. The van der Waals surface area contributed by atoms with Gasteiger partial charge < -0.3 is 10.2 Å². The van der Waals surface area contributed by atoms with E-state index in [1.807, 2.05) is 30.0 Å². The number of aromatic nitrogens is 4. The number of aryl methyl sites for hydroxylation is 1. The number of anilines is 2. The number of pyridine rings is 2. The minimum Gasteiger partial charge on any atom is -0.332 e. The van der Waals surface area contributed by atoms with Crippen LogP contribution in [0.5, 0.6) is 0 Å². The van der Waals surface area contributed by atoms with E-state index in [9.17, 15) is 4.79 Å². The van der Waals surface area contributed by atoms with Gasteiger partial charge in [-0.1, -0.05) is 0 Å². The number of amides is 1. The minimum absolute atomic E-state index is 0.0222. The molecule has 1 atom stereocenters. The first-order valence-corrected chi connectivity index (χ1v) is 8.92. The fourth-order valence-corrected chi connectivity index (χ4v) is 3.41. The van der Waals surface area contributed by atoms with Gasteiger partial charge in [-0.25, -0.2) is 9.97 Å². The van der Waals surface area contributed by atoms with Gasteiger partial charge in [-0.3, -0.25) is 14.8 Å². The molecule has 27 heavy (non-hydrogen) atoms. The SMILES string of the molecule is Cc1cncc(C(=O)N2CCC[C@H]2c2ccnc(Nc3cnccn3)c2)c1. The molecule has 4 heterocycles. The van der Waals surface area contributed by atoms with Crippen LogP contribution in [0.25, 0.3) is 0 Å². The number of hydrogen-bond donors (Lipinski definition) is 1. The molecule has 1 N–H and O–H groups in total. The smallest absolute Gasteiger partial charge is 0.255 e. The zero-order valence-electron chi connectivity index (χ0n) is 15.0. The third kappa shape index (κ3) is 3.76. The van der Waals surface area contributed by atoms with Gasteiger partial charge in [0.2, 0.25) is 0 Å². The summed E-state index contributed by atoms with van der Waals surface area (Å²) in [6.45, 7) is 2.69. The number of carbonyl (C=O) groups excluding carboxylic acids is 1. The van der Waals surface area contributed by atoms with E-state index in [1.54, 1.807) is 37.2 Å². The molecule has 4 rings (SSSR count). The molecular weight excluding hydrogens is 340 g/mol. The fraction of sp³-hybridized carbons (Fsp3) is 0.250. The maximum Gasteiger partial charge on any atom is 0.255 e. The highest BCUT2D eigenvalue weighted by molar-refractivity contribution is 5.94. The Bertz CT molecular complexity index is 946. The Kier molecular flexibility index (Phi) is 4.74. The van der Waals surface area contributed by atoms with Crippen LogP contribution in [0.4, 0.5) is 11.6 Å². The van der Waals surface area contributed by atoms with Gasteiger partial charge in [-0.2, -0.15) is 0 Å². The van der Waals surface area contributed by atoms with E-state index in [0.717, 1.165) is 30.5 Å². The second-order valence-electron chi connectivity index (χ2n) is 6.60. The molecule has 0 radical (unpaired) electrons. The topological polar surface area (TPSA) is 83.9 Å². The van der Waals surface area contributed by atoms with Crippen LogP contribution in [-0.4, -0.2) is 37.3 Å². The molecule has 1 aliphatic heterocycles. The quantitative estimate of drug-likeness (QED) is 0.768. The first-order valence-electron chi connectivity index (χ1n) is 8.92. The van der Waals surface area contributed by atoms with Crippen molar-refractivity contribution in [3.05, 3.63) is 72.1 Å². The standard InChI is InChI=1S/C20H20N6O/c1-14-9-16(12-22-11-14)20(27)26-8-2-3-17(26)15-4-5-23-18(10-15)25-19-13-21-6-7-24-19/h4-7,9-13,17H,2-3,8H2,1H3,(H,23,24,25)/t17-/m0/s1.